The van der Waals surface area contributed by atoms with Crippen molar-refractivity contribution in [2.24, 2.45) is 5.73 Å². The van der Waals surface area contributed by atoms with Crippen LogP contribution >= 0.6 is 11.6 Å². The normalized spacial score (nSPS) is 11.8. The first-order chi connectivity index (χ1) is 5.95. The van der Waals surface area contributed by atoms with Crippen LogP contribution in [0.2, 0.25) is 5.02 Å². The molecular formula is C9H10ClF2N. The molecule has 0 atom stereocenters. The number of nitrogens with two attached hydrogens (primary N) is 1. The molecule has 0 bridgehead atoms. The van der Waals surface area contributed by atoms with Crippen LogP contribution < -0.4 is 5.73 Å². The Kier molecular flexibility index (Phi) is 2.88. The predicted molar refractivity (Wildman–Crippen MR) is 48.9 cm³/mol. The Labute approximate surface area is 80.5 Å². The van der Waals surface area contributed by atoms with Crippen LogP contribution in [0.3, 0.4) is 0 Å². The Morgan fingerprint density at radius 3 is 2.54 bits per heavy atom. The number of halogens is 3. The maximum Gasteiger partial charge on any atom is 0.270 e. The van der Waals surface area contributed by atoms with Crippen LogP contribution in [0, 0.1) is 0 Å². The molecule has 0 unspecified atom stereocenters. The smallest absolute Gasteiger partial charge is 0.270 e. The molecule has 2 N–H and O–H groups in total. The summed E-state index contributed by atoms with van der Waals surface area (Å²) in [6, 6.07) is 4.08. The summed E-state index contributed by atoms with van der Waals surface area (Å²) in [7, 11) is 0. The Bertz CT molecular complexity index is 307. The van der Waals surface area contributed by atoms with Crippen molar-refractivity contribution < 1.29 is 8.78 Å². The summed E-state index contributed by atoms with van der Waals surface area (Å²) in [6.45, 7) is 1.01. The van der Waals surface area contributed by atoms with Gasteiger partial charge < -0.3 is 5.73 Å². The van der Waals surface area contributed by atoms with Crippen molar-refractivity contribution in [2.45, 2.75) is 19.4 Å². The summed E-state index contributed by atoms with van der Waals surface area (Å²) < 4.78 is 25.6. The first-order valence-electron chi connectivity index (χ1n) is 3.82. The average molecular weight is 206 g/mol. The zero-order valence-electron chi connectivity index (χ0n) is 7.15. The molecule has 1 nitrogen and oxygen atoms in total. The number of alkyl halides is 2. The SMILES string of the molecule is CC(F)(F)c1ccc(Cl)c(CN)c1. The fourth-order valence-corrected chi connectivity index (χ4v) is 1.20. The van der Waals surface area contributed by atoms with Crippen molar-refractivity contribution >= 4 is 11.6 Å². The van der Waals surface area contributed by atoms with Gasteiger partial charge in [0.05, 0.1) is 0 Å². The van der Waals surface area contributed by atoms with Crippen molar-refractivity contribution in [1.29, 1.82) is 0 Å². The van der Waals surface area contributed by atoms with Crippen molar-refractivity contribution in [3.8, 4) is 0 Å². The maximum absolute atomic E-state index is 12.8. The van der Waals surface area contributed by atoms with Gasteiger partial charge in [-0.2, -0.15) is 0 Å². The molecule has 1 aromatic rings. The lowest BCUT2D eigenvalue weighted by atomic mass is 10.1. The number of rotatable bonds is 2. The van der Waals surface area contributed by atoms with Gasteiger partial charge in [0.1, 0.15) is 0 Å². The summed E-state index contributed by atoms with van der Waals surface area (Å²) in [5, 5.41) is 0.426. The molecule has 1 aromatic carbocycles. The van der Waals surface area contributed by atoms with Crippen LogP contribution in [0.15, 0.2) is 18.2 Å². The van der Waals surface area contributed by atoms with Crippen LogP contribution in [0.4, 0.5) is 8.78 Å². The molecule has 0 amide bonds. The molecule has 0 spiro atoms. The van der Waals surface area contributed by atoms with E-state index in [1.54, 1.807) is 0 Å². The highest BCUT2D eigenvalue weighted by Crippen LogP contribution is 2.29. The lowest BCUT2D eigenvalue weighted by molar-refractivity contribution is 0.0174. The highest BCUT2D eigenvalue weighted by molar-refractivity contribution is 6.31. The van der Waals surface area contributed by atoms with Gasteiger partial charge in [0.2, 0.25) is 0 Å². The number of hydrogen-bond donors (Lipinski definition) is 1. The van der Waals surface area contributed by atoms with Crippen molar-refractivity contribution in [3.63, 3.8) is 0 Å². The summed E-state index contributed by atoms with van der Waals surface area (Å²) in [5.74, 6) is -2.84. The fraction of sp³-hybridized carbons (Fsp3) is 0.333. The predicted octanol–water partition coefficient (Wildman–Crippen LogP) is 2.91. The van der Waals surface area contributed by atoms with E-state index in [1.165, 1.54) is 18.2 Å². The summed E-state index contributed by atoms with van der Waals surface area (Å²) in [6.07, 6.45) is 0. The molecule has 0 saturated heterocycles. The van der Waals surface area contributed by atoms with Gasteiger partial charge in [-0.25, -0.2) is 8.78 Å². The van der Waals surface area contributed by atoms with E-state index < -0.39 is 5.92 Å². The van der Waals surface area contributed by atoms with Crippen LogP contribution in [-0.4, -0.2) is 0 Å². The molecule has 1 rings (SSSR count). The van der Waals surface area contributed by atoms with Crippen LogP contribution in [0.5, 0.6) is 0 Å². The quantitative estimate of drug-likeness (QED) is 0.790. The molecule has 72 valence electrons. The van der Waals surface area contributed by atoms with Gasteiger partial charge in [-0.05, 0) is 17.7 Å². The summed E-state index contributed by atoms with van der Waals surface area (Å²) >= 11 is 5.72. The van der Waals surface area contributed by atoms with Gasteiger partial charge in [-0.3, -0.25) is 0 Å². The van der Waals surface area contributed by atoms with Gasteiger partial charge in [-0.1, -0.05) is 17.7 Å². The molecule has 0 aliphatic heterocycles. The van der Waals surface area contributed by atoms with Crippen molar-refractivity contribution in [1.82, 2.24) is 0 Å². The van der Waals surface area contributed by atoms with Crippen molar-refractivity contribution in [3.05, 3.63) is 34.3 Å². The zero-order valence-corrected chi connectivity index (χ0v) is 7.91. The minimum atomic E-state index is -2.84. The van der Waals surface area contributed by atoms with E-state index in [9.17, 15) is 8.78 Å². The van der Waals surface area contributed by atoms with E-state index in [4.69, 9.17) is 17.3 Å². The van der Waals surface area contributed by atoms with E-state index in [0.29, 0.717) is 10.6 Å². The third kappa shape index (κ3) is 2.39. The molecule has 0 saturated carbocycles. The second-order valence-electron chi connectivity index (χ2n) is 2.90. The lowest BCUT2D eigenvalue weighted by Crippen LogP contribution is -2.08. The molecule has 0 aliphatic carbocycles. The Hall–Kier alpha value is -0.670. The van der Waals surface area contributed by atoms with Crippen LogP contribution in [-0.2, 0) is 12.5 Å². The van der Waals surface area contributed by atoms with Crippen LogP contribution in [0.1, 0.15) is 18.1 Å². The molecule has 0 heterocycles. The van der Waals surface area contributed by atoms with Gasteiger partial charge in [0, 0.05) is 24.1 Å². The second kappa shape index (κ2) is 3.60. The third-order valence-corrected chi connectivity index (χ3v) is 2.14. The first kappa shape index (κ1) is 10.4. The van der Waals surface area contributed by atoms with Crippen LogP contribution in [0.25, 0.3) is 0 Å². The third-order valence-electron chi connectivity index (χ3n) is 1.77. The topological polar surface area (TPSA) is 26.0 Å². The molecule has 0 aliphatic rings. The van der Waals surface area contributed by atoms with Gasteiger partial charge >= 0.3 is 0 Å². The molecule has 0 aromatic heterocycles. The first-order valence-corrected chi connectivity index (χ1v) is 4.19. The average Bonchev–Trinajstić information content (AvgIpc) is 2.03. The molecule has 4 heteroatoms. The molecule has 13 heavy (non-hydrogen) atoms. The highest BCUT2D eigenvalue weighted by Gasteiger charge is 2.24. The van der Waals surface area contributed by atoms with E-state index in [2.05, 4.69) is 0 Å². The maximum atomic E-state index is 12.8. The summed E-state index contributed by atoms with van der Waals surface area (Å²) in [4.78, 5) is 0. The van der Waals surface area contributed by atoms with E-state index in [0.717, 1.165) is 6.92 Å². The van der Waals surface area contributed by atoms with Gasteiger partial charge in [-0.15, -0.1) is 0 Å². The molecule has 0 fully saturated rings. The standard InChI is InChI=1S/C9H10ClF2N/c1-9(11,12)7-2-3-8(10)6(4-7)5-13/h2-4H,5,13H2,1H3. The Morgan fingerprint density at radius 2 is 2.08 bits per heavy atom. The Morgan fingerprint density at radius 1 is 1.46 bits per heavy atom. The zero-order chi connectivity index (χ0) is 10.1. The van der Waals surface area contributed by atoms with Gasteiger partial charge in [0.25, 0.3) is 5.92 Å². The van der Waals surface area contributed by atoms with E-state index >= 15 is 0 Å². The second-order valence-corrected chi connectivity index (χ2v) is 3.31. The molecule has 0 radical (unpaired) electrons. The fourth-order valence-electron chi connectivity index (χ4n) is 1.00. The lowest BCUT2D eigenvalue weighted by Gasteiger charge is -2.12. The number of benzene rings is 1. The van der Waals surface area contributed by atoms with Crippen molar-refractivity contribution in [2.75, 3.05) is 0 Å². The summed E-state index contributed by atoms with van der Waals surface area (Å²) in [5.41, 5.74) is 5.82. The monoisotopic (exact) mass is 205 g/mol. The van der Waals surface area contributed by atoms with E-state index in [1.807, 2.05) is 0 Å². The minimum Gasteiger partial charge on any atom is -0.326 e. The Balaban J connectivity index is 3.14. The highest BCUT2D eigenvalue weighted by atomic mass is 35.5. The largest absolute Gasteiger partial charge is 0.326 e. The van der Waals surface area contributed by atoms with Gasteiger partial charge in [0.15, 0.2) is 0 Å². The molecular weight excluding hydrogens is 196 g/mol. The minimum absolute atomic E-state index is 0.0580. The van der Waals surface area contributed by atoms with E-state index in [-0.39, 0.29) is 12.1 Å². The number of hydrogen-bond acceptors (Lipinski definition) is 1.